The van der Waals surface area contributed by atoms with E-state index in [1.54, 1.807) is 49.5 Å². The van der Waals surface area contributed by atoms with E-state index in [0.29, 0.717) is 16.7 Å². The number of aliphatic hydroxyl groups excluding tert-OH is 1. The Kier molecular flexibility index (Phi) is 7.80. The maximum Gasteiger partial charge on any atom is 0.338 e. The van der Waals surface area contributed by atoms with Crippen molar-refractivity contribution in [3.05, 3.63) is 98.8 Å². The highest BCUT2D eigenvalue weighted by Gasteiger charge is 2.46. The first-order chi connectivity index (χ1) is 17.8. The first kappa shape index (κ1) is 26.2. The first-order valence-corrected chi connectivity index (χ1v) is 12.0. The fourth-order valence-electron chi connectivity index (χ4n) is 4.17. The molecule has 1 fully saturated rings. The van der Waals surface area contributed by atoms with Crippen LogP contribution >= 0.6 is 23.2 Å². The van der Waals surface area contributed by atoms with Crippen molar-refractivity contribution in [2.24, 2.45) is 0 Å². The lowest BCUT2D eigenvalue weighted by Crippen LogP contribution is -2.29. The molecule has 0 saturated carbocycles. The van der Waals surface area contributed by atoms with E-state index in [2.05, 4.69) is 4.98 Å². The molecule has 3 aromatic rings. The van der Waals surface area contributed by atoms with Crippen LogP contribution in [0.4, 0.5) is 0 Å². The van der Waals surface area contributed by atoms with Crippen LogP contribution in [-0.2, 0) is 20.9 Å². The Morgan fingerprint density at radius 2 is 1.86 bits per heavy atom. The largest absolute Gasteiger partial charge is 0.507 e. The van der Waals surface area contributed by atoms with E-state index < -0.39 is 29.5 Å². The third-order valence-electron chi connectivity index (χ3n) is 5.83. The molecule has 0 bridgehead atoms. The fourth-order valence-corrected chi connectivity index (χ4v) is 4.74. The Morgan fingerprint density at radius 1 is 1.14 bits per heavy atom. The summed E-state index contributed by atoms with van der Waals surface area (Å²) < 4.78 is 10.3. The zero-order valence-electron chi connectivity index (χ0n) is 19.9. The number of nitrogens with zero attached hydrogens (tertiary/aromatic N) is 2. The van der Waals surface area contributed by atoms with Gasteiger partial charge in [-0.3, -0.25) is 14.6 Å². The molecule has 0 spiro atoms. The second-order valence-electron chi connectivity index (χ2n) is 8.10. The highest BCUT2D eigenvalue weighted by molar-refractivity contribution is 6.46. The monoisotopic (exact) mass is 540 g/mol. The predicted molar refractivity (Wildman–Crippen MR) is 137 cm³/mol. The molecule has 1 aliphatic heterocycles. The topological polar surface area (TPSA) is 106 Å². The molecule has 190 valence electrons. The summed E-state index contributed by atoms with van der Waals surface area (Å²) in [7, 11) is 1.36. The molecule has 0 radical (unpaired) electrons. The van der Waals surface area contributed by atoms with E-state index in [4.69, 9.17) is 32.7 Å². The summed E-state index contributed by atoms with van der Waals surface area (Å²) in [5, 5.41) is 11.7. The molecule has 2 heterocycles. The molecule has 1 unspecified atom stereocenters. The molecule has 1 saturated heterocycles. The summed E-state index contributed by atoms with van der Waals surface area (Å²) in [5.41, 5.74) is 1.45. The molecule has 1 N–H and O–H groups in total. The smallest absolute Gasteiger partial charge is 0.338 e. The zero-order valence-corrected chi connectivity index (χ0v) is 21.4. The fraction of sp³-hybridized carbons (Fsp3) is 0.185. The van der Waals surface area contributed by atoms with Gasteiger partial charge < -0.3 is 19.5 Å². The Bertz CT molecular complexity index is 1390. The zero-order chi connectivity index (χ0) is 26.7. The highest BCUT2D eigenvalue weighted by atomic mass is 35.5. The summed E-state index contributed by atoms with van der Waals surface area (Å²) >= 11 is 12.4. The lowest BCUT2D eigenvalue weighted by molar-refractivity contribution is -0.140. The lowest BCUT2D eigenvalue weighted by Gasteiger charge is -2.25. The van der Waals surface area contributed by atoms with Gasteiger partial charge in [-0.25, -0.2) is 4.79 Å². The third-order valence-corrected chi connectivity index (χ3v) is 6.32. The standard InChI is InChI=1S/C27H22Cl2N2O6/c1-3-37-27(35)16-8-6-15(7-9-16)14-31-22(17-5-4-10-30-13-17)21(24(33)26(31)34)23(32)19-11-18(28)12-20(29)25(19)36-2/h4-13,22,32H,3,14H2,1-2H3/b23-21+. The molecule has 4 rings (SSSR count). The van der Waals surface area contributed by atoms with Crippen LogP contribution in [-0.4, -0.2) is 46.4 Å². The normalized spacial score (nSPS) is 16.6. The number of carbonyl (C=O) groups is 3. The molecular formula is C27H22Cl2N2O6. The van der Waals surface area contributed by atoms with Crippen molar-refractivity contribution < 1.29 is 29.0 Å². The van der Waals surface area contributed by atoms with Gasteiger partial charge in [0.1, 0.15) is 11.5 Å². The minimum atomic E-state index is -0.958. The van der Waals surface area contributed by atoms with Crippen molar-refractivity contribution in [3.63, 3.8) is 0 Å². The maximum absolute atomic E-state index is 13.3. The number of Topliss-reactive ketones (excluding diaryl/α,β-unsaturated/α-hetero) is 1. The van der Waals surface area contributed by atoms with Crippen LogP contribution in [0.2, 0.25) is 10.0 Å². The number of hydrogen-bond donors (Lipinski definition) is 1. The number of ketones is 1. The number of amides is 1. The van der Waals surface area contributed by atoms with Crippen molar-refractivity contribution in [2.75, 3.05) is 13.7 Å². The molecule has 10 heteroatoms. The Labute approximate surface area is 223 Å². The van der Waals surface area contributed by atoms with E-state index in [1.165, 1.54) is 30.3 Å². The number of aliphatic hydroxyl groups is 1. The van der Waals surface area contributed by atoms with Crippen molar-refractivity contribution in [3.8, 4) is 5.75 Å². The first-order valence-electron chi connectivity index (χ1n) is 11.2. The summed E-state index contributed by atoms with van der Waals surface area (Å²) in [6, 6.07) is 11.8. The van der Waals surface area contributed by atoms with E-state index in [0.717, 1.165) is 0 Å². The second-order valence-corrected chi connectivity index (χ2v) is 8.94. The third kappa shape index (κ3) is 5.16. The SMILES string of the molecule is CCOC(=O)c1ccc(CN2C(=O)C(=O)/C(=C(/O)c3cc(Cl)cc(Cl)c3OC)C2c2cccnc2)cc1. The lowest BCUT2D eigenvalue weighted by atomic mass is 9.95. The minimum absolute atomic E-state index is 0.0253. The molecule has 8 nitrogen and oxygen atoms in total. The molecule has 1 aromatic heterocycles. The van der Waals surface area contributed by atoms with Gasteiger partial charge in [-0.15, -0.1) is 0 Å². The molecule has 1 aliphatic rings. The van der Waals surface area contributed by atoms with E-state index in [1.807, 2.05) is 0 Å². The summed E-state index contributed by atoms with van der Waals surface area (Å²) in [6.45, 7) is 1.99. The minimum Gasteiger partial charge on any atom is -0.507 e. The number of hydrogen-bond acceptors (Lipinski definition) is 7. The van der Waals surface area contributed by atoms with Crippen LogP contribution in [0.25, 0.3) is 5.76 Å². The number of aromatic nitrogens is 1. The van der Waals surface area contributed by atoms with Gasteiger partial charge in [-0.05, 0) is 48.4 Å². The molecule has 0 aliphatic carbocycles. The summed E-state index contributed by atoms with van der Waals surface area (Å²) in [4.78, 5) is 44.0. The molecule has 1 atom stereocenters. The Balaban J connectivity index is 1.81. The number of benzene rings is 2. The van der Waals surface area contributed by atoms with E-state index in [-0.39, 0.29) is 40.1 Å². The van der Waals surface area contributed by atoms with Gasteiger partial charge in [-0.2, -0.15) is 0 Å². The van der Waals surface area contributed by atoms with Crippen LogP contribution in [0, 0.1) is 0 Å². The van der Waals surface area contributed by atoms with Crippen molar-refractivity contribution >= 4 is 46.6 Å². The van der Waals surface area contributed by atoms with Gasteiger partial charge in [0, 0.05) is 24.0 Å². The van der Waals surface area contributed by atoms with Gasteiger partial charge in [0.05, 0.1) is 41.5 Å². The summed E-state index contributed by atoms with van der Waals surface area (Å²) in [5.74, 6) is -2.52. The number of methoxy groups -OCH3 is 1. The van der Waals surface area contributed by atoms with Gasteiger partial charge in [0.15, 0.2) is 0 Å². The molecule has 2 aromatic carbocycles. The number of carbonyl (C=O) groups excluding carboxylic acids is 3. The van der Waals surface area contributed by atoms with Crippen LogP contribution in [0.15, 0.2) is 66.5 Å². The number of likely N-dealkylation sites (tertiary alicyclic amines) is 1. The summed E-state index contributed by atoms with van der Waals surface area (Å²) in [6.07, 6.45) is 3.08. The maximum atomic E-state index is 13.3. The molecule has 1 amide bonds. The van der Waals surface area contributed by atoms with Gasteiger partial charge >= 0.3 is 5.97 Å². The van der Waals surface area contributed by atoms with Gasteiger partial charge in [0.2, 0.25) is 0 Å². The number of ether oxygens (including phenoxy) is 2. The van der Waals surface area contributed by atoms with Crippen molar-refractivity contribution in [1.29, 1.82) is 0 Å². The number of pyridine rings is 1. The van der Waals surface area contributed by atoms with E-state index in [9.17, 15) is 19.5 Å². The Morgan fingerprint density at radius 3 is 2.49 bits per heavy atom. The van der Waals surface area contributed by atoms with Gasteiger partial charge in [0.25, 0.3) is 11.7 Å². The predicted octanol–water partition coefficient (Wildman–Crippen LogP) is 5.20. The second kappa shape index (κ2) is 11.0. The van der Waals surface area contributed by atoms with Crippen molar-refractivity contribution in [1.82, 2.24) is 9.88 Å². The molecule has 37 heavy (non-hydrogen) atoms. The Hall–Kier alpha value is -3.88. The van der Waals surface area contributed by atoms with Crippen molar-refractivity contribution in [2.45, 2.75) is 19.5 Å². The molecular weight excluding hydrogens is 519 g/mol. The van der Waals surface area contributed by atoms with Crippen LogP contribution in [0.3, 0.4) is 0 Å². The quantitative estimate of drug-likeness (QED) is 0.190. The number of halogens is 2. The number of esters is 1. The van der Waals surface area contributed by atoms with Gasteiger partial charge in [-0.1, -0.05) is 41.4 Å². The number of rotatable bonds is 7. The van der Waals surface area contributed by atoms with Crippen LogP contribution in [0.5, 0.6) is 5.75 Å². The van der Waals surface area contributed by atoms with Crippen LogP contribution < -0.4 is 4.74 Å². The van der Waals surface area contributed by atoms with Crippen LogP contribution in [0.1, 0.15) is 40.0 Å². The average Bonchev–Trinajstić information content (AvgIpc) is 3.14. The van der Waals surface area contributed by atoms with E-state index >= 15 is 0 Å². The average molecular weight is 541 g/mol. The highest BCUT2D eigenvalue weighted by Crippen LogP contribution is 2.43.